The van der Waals surface area contributed by atoms with Gasteiger partial charge in [-0.1, -0.05) is 23.6 Å². The highest BCUT2D eigenvalue weighted by Gasteiger charge is 2.33. The molecule has 0 fully saturated rings. The lowest BCUT2D eigenvalue weighted by atomic mass is 9.85. The van der Waals surface area contributed by atoms with Gasteiger partial charge in [-0.3, -0.25) is 4.79 Å². The molecule has 0 saturated carbocycles. The topological polar surface area (TPSA) is 91.2 Å². The summed E-state index contributed by atoms with van der Waals surface area (Å²) in [6.45, 7) is 2.00. The molecule has 1 unspecified atom stereocenters. The van der Waals surface area contributed by atoms with Crippen LogP contribution in [-0.2, 0) is 4.79 Å². The van der Waals surface area contributed by atoms with E-state index in [4.69, 9.17) is 27.5 Å². The Bertz CT molecular complexity index is 1150. The quantitative estimate of drug-likeness (QED) is 0.634. The van der Waals surface area contributed by atoms with Crippen LogP contribution in [0.2, 0.25) is 5.15 Å². The Kier molecular flexibility index (Phi) is 5.29. The van der Waals surface area contributed by atoms with Gasteiger partial charge in [-0.25, -0.2) is 0 Å². The SMILES string of the molecule is C#CCOc1cc(C2CC(=O)Nc3c2c(C)nn3-c2ccc(Cl)nn2)ccc1OC. The van der Waals surface area contributed by atoms with Gasteiger partial charge in [0.05, 0.1) is 12.8 Å². The van der Waals surface area contributed by atoms with Gasteiger partial charge in [0.25, 0.3) is 0 Å². The minimum absolute atomic E-state index is 0.114. The Labute approximate surface area is 178 Å². The minimum Gasteiger partial charge on any atom is -0.493 e. The van der Waals surface area contributed by atoms with Gasteiger partial charge < -0.3 is 14.8 Å². The summed E-state index contributed by atoms with van der Waals surface area (Å²) >= 11 is 5.84. The molecule has 9 heteroatoms. The fourth-order valence-electron chi connectivity index (χ4n) is 3.56. The number of nitrogens with zero attached hydrogens (tertiary/aromatic N) is 4. The normalized spacial score (nSPS) is 15.1. The molecule has 3 heterocycles. The highest BCUT2D eigenvalue weighted by molar-refractivity contribution is 6.29. The van der Waals surface area contributed by atoms with Gasteiger partial charge in [-0.15, -0.1) is 16.6 Å². The number of nitrogens with one attached hydrogen (secondary N) is 1. The number of ether oxygens (including phenoxy) is 2. The average Bonchev–Trinajstić information content (AvgIpc) is 3.08. The first kappa shape index (κ1) is 19.7. The van der Waals surface area contributed by atoms with E-state index in [2.05, 4.69) is 26.5 Å². The van der Waals surface area contributed by atoms with Crippen LogP contribution in [0.15, 0.2) is 30.3 Å². The molecule has 1 aliphatic heterocycles. The molecule has 2 aromatic heterocycles. The number of carbonyl (C=O) groups excluding carboxylic acids is 1. The van der Waals surface area contributed by atoms with Crippen molar-refractivity contribution in [1.82, 2.24) is 20.0 Å². The van der Waals surface area contributed by atoms with Crippen LogP contribution in [0, 0.1) is 19.3 Å². The maximum absolute atomic E-state index is 12.5. The number of terminal acetylenes is 1. The predicted octanol–water partition coefficient (Wildman–Crippen LogP) is 3.12. The standard InChI is InChI=1S/C21H18ClN5O3/c1-4-9-30-16-10-13(5-6-15(16)29-3)14-11-19(28)23-21-20(14)12(2)26-27(21)18-8-7-17(22)24-25-18/h1,5-8,10,14H,9,11H2,2-3H3,(H,23,28). The van der Waals surface area contributed by atoms with E-state index < -0.39 is 0 Å². The third-order valence-electron chi connectivity index (χ3n) is 4.84. The van der Waals surface area contributed by atoms with E-state index in [0.717, 1.165) is 16.8 Å². The van der Waals surface area contributed by atoms with Gasteiger partial charge in [0.1, 0.15) is 12.4 Å². The minimum atomic E-state index is -0.221. The van der Waals surface area contributed by atoms with Crippen molar-refractivity contribution in [2.75, 3.05) is 19.0 Å². The van der Waals surface area contributed by atoms with Crippen molar-refractivity contribution in [3.8, 4) is 29.7 Å². The van der Waals surface area contributed by atoms with E-state index >= 15 is 0 Å². The van der Waals surface area contributed by atoms with Crippen LogP contribution in [0.4, 0.5) is 5.82 Å². The molecule has 3 aromatic rings. The van der Waals surface area contributed by atoms with E-state index in [1.54, 1.807) is 30.0 Å². The maximum atomic E-state index is 12.5. The zero-order valence-corrected chi connectivity index (χ0v) is 17.1. The lowest BCUT2D eigenvalue weighted by molar-refractivity contribution is -0.116. The molecule has 1 aromatic carbocycles. The molecule has 1 N–H and O–H groups in total. The lowest BCUT2D eigenvalue weighted by Gasteiger charge is -2.25. The van der Waals surface area contributed by atoms with Gasteiger partial charge in [0, 0.05) is 17.9 Å². The second kappa shape index (κ2) is 8.05. The summed E-state index contributed by atoms with van der Waals surface area (Å²) in [6, 6.07) is 8.87. The van der Waals surface area contributed by atoms with E-state index in [9.17, 15) is 4.79 Å². The summed E-state index contributed by atoms with van der Waals surface area (Å²) in [5, 5.41) is 15.7. The van der Waals surface area contributed by atoms with Crippen LogP contribution in [-0.4, -0.2) is 39.6 Å². The summed E-state index contributed by atoms with van der Waals surface area (Å²) in [7, 11) is 1.56. The van der Waals surface area contributed by atoms with Crippen LogP contribution >= 0.6 is 11.6 Å². The van der Waals surface area contributed by atoms with Gasteiger partial charge in [0.2, 0.25) is 5.91 Å². The number of methoxy groups -OCH3 is 1. The van der Waals surface area contributed by atoms with Crippen LogP contribution < -0.4 is 14.8 Å². The molecular weight excluding hydrogens is 406 g/mol. The van der Waals surface area contributed by atoms with E-state index in [-0.39, 0.29) is 30.0 Å². The van der Waals surface area contributed by atoms with Gasteiger partial charge >= 0.3 is 0 Å². The number of benzene rings is 1. The summed E-state index contributed by atoms with van der Waals surface area (Å²) in [5.41, 5.74) is 2.57. The molecular formula is C21H18ClN5O3. The zero-order valence-electron chi connectivity index (χ0n) is 16.3. The molecule has 0 bridgehead atoms. The van der Waals surface area contributed by atoms with Crippen molar-refractivity contribution in [1.29, 1.82) is 0 Å². The van der Waals surface area contributed by atoms with Crippen LogP contribution in [0.5, 0.6) is 11.5 Å². The molecule has 0 aliphatic carbocycles. The zero-order chi connectivity index (χ0) is 21.3. The van der Waals surface area contributed by atoms with Crippen molar-refractivity contribution < 1.29 is 14.3 Å². The Morgan fingerprint density at radius 3 is 2.83 bits per heavy atom. The lowest BCUT2D eigenvalue weighted by Crippen LogP contribution is -2.25. The largest absolute Gasteiger partial charge is 0.493 e. The molecule has 1 amide bonds. The number of hydrogen-bond acceptors (Lipinski definition) is 6. The summed E-state index contributed by atoms with van der Waals surface area (Å²) < 4.78 is 12.5. The Hall–Kier alpha value is -3.57. The number of aryl methyl sites for hydroxylation is 1. The Morgan fingerprint density at radius 2 is 2.13 bits per heavy atom. The van der Waals surface area contributed by atoms with Gasteiger partial charge in [-0.2, -0.15) is 9.78 Å². The highest BCUT2D eigenvalue weighted by Crippen LogP contribution is 2.42. The Balaban J connectivity index is 1.80. The van der Waals surface area contributed by atoms with Gasteiger partial charge in [-0.05, 0) is 36.8 Å². The molecule has 4 rings (SSSR count). The average molecular weight is 424 g/mol. The van der Waals surface area contributed by atoms with E-state index in [1.165, 1.54) is 0 Å². The van der Waals surface area contributed by atoms with Crippen LogP contribution in [0.25, 0.3) is 5.82 Å². The van der Waals surface area contributed by atoms with Crippen LogP contribution in [0.3, 0.4) is 0 Å². The first-order valence-corrected chi connectivity index (χ1v) is 9.52. The number of anilines is 1. The number of carbonyl (C=O) groups is 1. The number of amides is 1. The number of halogens is 1. The Morgan fingerprint density at radius 1 is 1.30 bits per heavy atom. The summed E-state index contributed by atoms with van der Waals surface area (Å²) in [6.07, 6.45) is 5.59. The number of hydrogen-bond donors (Lipinski definition) is 1. The smallest absolute Gasteiger partial charge is 0.226 e. The summed E-state index contributed by atoms with van der Waals surface area (Å²) in [5.74, 6) is 4.21. The maximum Gasteiger partial charge on any atom is 0.226 e. The molecule has 0 saturated heterocycles. The van der Waals surface area contributed by atoms with E-state index in [0.29, 0.717) is 23.1 Å². The third-order valence-corrected chi connectivity index (χ3v) is 5.04. The predicted molar refractivity (Wildman–Crippen MR) is 111 cm³/mol. The van der Waals surface area contributed by atoms with Crippen LogP contribution in [0.1, 0.15) is 29.2 Å². The number of aromatic nitrogens is 4. The number of rotatable bonds is 5. The van der Waals surface area contributed by atoms with E-state index in [1.807, 2.05) is 19.1 Å². The monoisotopic (exact) mass is 423 g/mol. The van der Waals surface area contributed by atoms with Crippen molar-refractivity contribution >= 4 is 23.3 Å². The third kappa shape index (κ3) is 3.55. The van der Waals surface area contributed by atoms with Gasteiger partial charge in [0.15, 0.2) is 22.5 Å². The molecule has 1 aliphatic rings. The first-order chi connectivity index (χ1) is 14.5. The van der Waals surface area contributed by atoms with Crippen molar-refractivity contribution in [3.63, 3.8) is 0 Å². The van der Waals surface area contributed by atoms with Crippen molar-refractivity contribution in [2.45, 2.75) is 19.3 Å². The second-order valence-electron chi connectivity index (χ2n) is 6.68. The van der Waals surface area contributed by atoms with Crippen molar-refractivity contribution in [2.24, 2.45) is 0 Å². The molecule has 152 valence electrons. The summed E-state index contributed by atoms with van der Waals surface area (Å²) in [4.78, 5) is 12.5. The second-order valence-corrected chi connectivity index (χ2v) is 7.07. The molecule has 0 radical (unpaired) electrons. The fraction of sp³-hybridized carbons (Fsp3) is 0.238. The number of fused-ring (bicyclic) bond motifs is 1. The van der Waals surface area contributed by atoms with Crippen molar-refractivity contribution in [3.05, 3.63) is 52.3 Å². The molecule has 30 heavy (non-hydrogen) atoms. The molecule has 1 atom stereocenters. The fourth-order valence-corrected chi connectivity index (χ4v) is 3.66. The first-order valence-electron chi connectivity index (χ1n) is 9.15. The highest BCUT2D eigenvalue weighted by atomic mass is 35.5. The molecule has 0 spiro atoms. The molecule has 8 nitrogen and oxygen atoms in total.